The molecule has 2 unspecified atom stereocenters. The largest absolute Gasteiger partial charge is 0.481 e. The summed E-state index contributed by atoms with van der Waals surface area (Å²) in [5.74, 6) is -0.807. The number of aryl methyl sites for hydroxylation is 2. The van der Waals surface area contributed by atoms with Crippen molar-refractivity contribution in [3.63, 3.8) is 0 Å². The van der Waals surface area contributed by atoms with Crippen LogP contribution in [0.4, 0.5) is 0 Å². The third kappa shape index (κ3) is 3.00. The molecule has 0 saturated heterocycles. The van der Waals surface area contributed by atoms with Crippen LogP contribution >= 0.6 is 11.6 Å². The Bertz CT molecular complexity index is 522. The van der Waals surface area contributed by atoms with E-state index in [1.54, 1.807) is 4.68 Å². The highest BCUT2D eigenvalue weighted by Gasteiger charge is 2.39. The molecule has 1 aliphatic carbocycles. The Morgan fingerprint density at radius 1 is 1.55 bits per heavy atom. The first-order valence-electron chi connectivity index (χ1n) is 7.12. The molecule has 20 heavy (non-hydrogen) atoms. The van der Waals surface area contributed by atoms with E-state index in [0.29, 0.717) is 11.6 Å². The second-order valence-electron chi connectivity index (χ2n) is 6.79. The molecule has 0 spiro atoms. The summed E-state index contributed by atoms with van der Waals surface area (Å²) in [6, 6.07) is 0. The molecule has 1 aromatic heterocycles. The molecule has 2 rings (SSSR count). The number of halogens is 1. The first-order valence-corrected chi connectivity index (χ1v) is 7.50. The molecule has 0 aromatic carbocycles. The molecule has 112 valence electrons. The summed E-state index contributed by atoms with van der Waals surface area (Å²) in [6.07, 6.45) is 3.36. The molecule has 1 saturated carbocycles. The van der Waals surface area contributed by atoms with Crippen LogP contribution in [-0.2, 0) is 18.3 Å². The predicted octanol–water partition coefficient (Wildman–Crippen LogP) is 3.45. The first-order chi connectivity index (χ1) is 9.21. The quantitative estimate of drug-likeness (QED) is 0.930. The minimum absolute atomic E-state index is 0.136. The van der Waals surface area contributed by atoms with Gasteiger partial charge in [0.05, 0.1) is 11.6 Å². The fourth-order valence-corrected chi connectivity index (χ4v) is 3.70. The Morgan fingerprint density at radius 2 is 2.20 bits per heavy atom. The first kappa shape index (κ1) is 15.4. The number of carboxylic acids is 1. The standard InChI is InChI=1S/C15H23ClN2O2/c1-9-12(13(16)18(4)17-9)7-10-8-15(2,3)6-5-11(10)14(19)20/h10-11H,5-8H2,1-4H3,(H,19,20). The summed E-state index contributed by atoms with van der Waals surface area (Å²) in [7, 11) is 1.82. The smallest absolute Gasteiger partial charge is 0.306 e. The highest BCUT2D eigenvalue weighted by atomic mass is 35.5. The number of carbonyl (C=O) groups is 1. The highest BCUT2D eigenvalue weighted by Crippen LogP contribution is 2.44. The average molecular weight is 299 g/mol. The number of hydrogen-bond acceptors (Lipinski definition) is 2. The maximum atomic E-state index is 11.5. The summed E-state index contributed by atoms with van der Waals surface area (Å²) >= 11 is 6.28. The van der Waals surface area contributed by atoms with Gasteiger partial charge in [-0.1, -0.05) is 25.4 Å². The van der Waals surface area contributed by atoms with E-state index < -0.39 is 5.97 Å². The highest BCUT2D eigenvalue weighted by molar-refractivity contribution is 6.30. The van der Waals surface area contributed by atoms with Crippen LogP contribution < -0.4 is 0 Å². The maximum absolute atomic E-state index is 11.5. The van der Waals surface area contributed by atoms with Crippen molar-refractivity contribution in [2.75, 3.05) is 0 Å². The molecule has 0 aliphatic heterocycles. The molecule has 1 aliphatic rings. The van der Waals surface area contributed by atoms with Crippen LogP contribution in [0.5, 0.6) is 0 Å². The van der Waals surface area contributed by atoms with Crippen molar-refractivity contribution in [3.8, 4) is 0 Å². The van der Waals surface area contributed by atoms with Crippen LogP contribution in [0.15, 0.2) is 0 Å². The van der Waals surface area contributed by atoms with Crippen molar-refractivity contribution in [1.82, 2.24) is 9.78 Å². The van der Waals surface area contributed by atoms with Crippen molar-refractivity contribution in [2.24, 2.45) is 24.3 Å². The number of aromatic nitrogens is 2. The maximum Gasteiger partial charge on any atom is 0.306 e. The van der Waals surface area contributed by atoms with Gasteiger partial charge >= 0.3 is 5.97 Å². The SMILES string of the molecule is Cc1nn(C)c(Cl)c1CC1CC(C)(C)CCC1C(=O)O. The van der Waals surface area contributed by atoms with Gasteiger partial charge in [0.25, 0.3) is 0 Å². The minimum atomic E-state index is -0.678. The summed E-state index contributed by atoms with van der Waals surface area (Å²) in [5, 5.41) is 14.4. The van der Waals surface area contributed by atoms with Gasteiger partial charge < -0.3 is 5.11 Å². The zero-order valence-electron chi connectivity index (χ0n) is 12.6. The van der Waals surface area contributed by atoms with Gasteiger partial charge in [0.1, 0.15) is 5.15 Å². The van der Waals surface area contributed by atoms with Crippen LogP contribution in [0.3, 0.4) is 0 Å². The molecule has 2 atom stereocenters. The number of hydrogen-bond donors (Lipinski definition) is 1. The van der Waals surface area contributed by atoms with Crippen molar-refractivity contribution in [1.29, 1.82) is 0 Å². The third-order valence-corrected chi connectivity index (χ3v) is 5.04. The van der Waals surface area contributed by atoms with Crippen LogP contribution in [0.25, 0.3) is 0 Å². The molecule has 1 N–H and O–H groups in total. The lowest BCUT2D eigenvalue weighted by Gasteiger charge is -2.39. The summed E-state index contributed by atoms with van der Waals surface area (Å²) < 4.78 is 1.66. The van der Waals surface area contributed by atoms with Gasteiger partial charge in [-0.15, -0.1) is 0 Å². The van der Waals surface area contributed by atoms with E-state index >= 15 is 0 Å². The van der Waals surface area contributed by atoms with E-state index in [2.05, 4.69) is 18.9 Å². The van der Waals surface area contributed by atoms with Crippen LogP contribution in [-0.4, -0.2) is 20.9 Å². The minimum Gasteiger partial charge on any atom is -0.481 e. The Balaban J connectivity index is 2.25. The van der Waals surface area contributed by atoms with Gasteiger partial charge in [-0.05, 0) is 43.9 Å². The molecule has 5 heteroatoms. The monoisotopic (exact) mass is 298 g/mol. The van der Waals surface area contributed by atoms with E-state index in [0.717, 1.165) is 30.5 Å². The fraction of sp³-hybridized carbons (Fsp3) is 0.733. The van der Waals surface area contributed by atoms with E-state index in [4.69, 9.17) is 11.6 Å². The Labute approximate surface area is 125 Å². The van der Waals surface area contributed by atoms with Crippen molar-refractivity contribution < 1.29 is 9.90 Å². The van der Waals surface area contributed by atoms with E-state index in [9.17, 15) is 9.90 Å². The van der Waals surface area contributed by atoms with Crippen LogP contribution in [0, 0.1) is 24.2 Å². The van der Waals surface area contributed by atoms with E-state index in [-0.39, 0.29) is 17.3 Å². The molecule has 0 bridgehead atoms. The summed E-state index contributed by atoms with van der Waals surface area (Å²) in [5.41, 5.74) is 2.12. The number of nitrogens with zero attached hydrogens (tertiary/aromatic N) is 2. The third-order valence-electron chi connectivity index (χ3n) is 4.57. The Morgan fingerprint density at radius 3 is 2.70 bits per heavy atom. The number of carboxylic acid groups (broad SMARTS) is 1. The molecular formula is C15H23ClN2O2. The topological polar surface area (TPSA) is 55.1 Å². The van der Waals surface area contributed by atoms with Gasteiger partial charge in [0.15, 0.2) is 0 Å². The van der Waals surface area contributed by atoms with E-state index in [1.807, 2.05) is 14.0 Å². The lowest BCUT2D eigenvalue weighted by molar-refractivity contribution is -0.146. The molecule has 0 radical (unpaired) electrons. The average Bonchev–Trinajstić information content (AvgIpc) is 2.54. The second-order valence-corrected chi connectivity index (χ2v) is 7.15. The van der Waals surface area contributed by atoms with Crippen molar-refractivity contribution >= 4 is 17.6 Å². The molecule has 1 fully saturated rings. The summed E-state index contributed by atoms with van der Waals surface area (Å²) in [6.45, 7) is 6.37. The van der Waals surface area contributed by atoms with E-state index in [1.165, 1.54) is 0 Å². The number of aliphatic carboxylic acids is 1. The van der Waals surface area contributed by atoms with Crippen LogP contribution in [0.1, 0.15) is 44.4 Å². The van der Waals surface area contributed by atoms with Gasteiger partial charge in [0, 0.05) is 12.6 Å². The molecule has 1 aromatic rings. The fourth-order valence-electron chi connectivity index (χ4n) is 3.44. The predicted molar refractivity (Wildman–Crippen MR) is 78.9 cm³/mol. The molecular weight excluding hydrogens is 276 g/mol. The molecule has 0 amide bonds. The zero-order valence-corrected chi connectivity index (χ0v) is 13.4. The van der Waals surface area contributed by atoms with Gasteiger partial charge in [-0.25, -0.2) is 0 Å². The lowest BCUT2D eigenvalue weighted by Crippen LogP contribution is -2.35. The Kier molecular flexibility index (Phi) is 4.14. The molecule has 1 heterocycles. The second kappa shape index (κ2) is 5.40. The van der Waals surface area contributed by atoms with Crippen LogP contribution in [0.2, 0.25) is 5.15 Å². The molecule has 4 nitrogen and oxygen atoms in total. The number of rotatable bonds is 3. The van der Waals surface area contributed by atoms with Gasteiger partial charge in [0.2, 0.25) is 0 Å². The van der Waals surface area contributed by atoms with Crippen molar-refractivity contribution in [2.45, 2.75) is 46.5 Å². The lowest BCUT2D eigenvalue weighted by atomic mass is 9.65. The Hall–Kier alpha value is -1.03. The van der Waals surface area contributed by atoms with Gasteiger partial charge in [-0.2, -0.15) is 5.10 Å². The summed E-state index contributed by atoms with van der Waals surface area (Å²) in [4.78, 5) is 11.5. The van der Waals surface area contributed by atoms with Gasteiger partial charge in [-0.3, -0.25) is 9.48 Å². The van der Waals surface area contributed by atoms with Crippen molar-refractivity contribution in [3.05, 3.63) is 16.4 Å². The zero-order chi connectivity index (χ0) is 15.1. The normalized spacial score (nSPS) is 25.6.